The first kappa shape index (κ1) is 20.8. The van der Waals surface area contributed by atoms with Crippen LogP contribution in [0, 0.1) is 24.5 Å². The number of nitrogens with zero attached hydrogens (tertiary/aromatic N) is 4. The minimum Gasteiger partial charge on any atom is -0.423 e. The monoisotopic (exact) mass is 459 g/mol. The standard InChI is InChI=1S/C22H20ClF2N5O2/c1-11-3-15-8-22(7-11,20-29-28-12(2)32-20)30(15)21(31)27-19-5-16(17(23)6-18(19)25)13-4-14(24)10-26-9-13/h4-6,9-11,15H,3,7-8H2,1-2H3,(H,27,31)/t11-,15-,22+/m0/s1. The van der Waals surface area contributed by atoms with E-state index in [1.807, 2.05) is 0 Å². The molecule has 2 aromatic heterocycles. The number of aromatic nitrogens is 3. The zero-order chi connectivity index (χ0) is 22.6. The van der Waals surface area contributed by atoms with Crippen molar-refractivity contribution in [2.75, 3.05) is 5.32 Å². The molecule has 166 valence electrons. The van der Waals surface area contributed by atoms with E-state index in [-0.39, 0.29) is 16.8 Å². The highest BCUT2D eigenvalue weighted by Gasteiger charge is 2.62. The Hall–Kier alpha value is -3.07. The lowest BCUT2D eigenvalue weighted by atomic mass is 9.64. The van der Waals surface area contributed by atoms with Crippen molar-refractivity contribution < 1.29 is 18.0 Å². The molecule has 32 heavy (non-hydrogen) atoms. The molecule has 7 nitrogen and oxygen atoms in total. The number of rotatable bonds is 3. The largest absolute Gasteiger partial charge is 0.423 e. The molecule has 0 unspecified atom stereocenters. The van der Waals surface area contributed by atoms with Crippen LogP contribution < -0.4 is 5.32 Å². The quantitative estimate of drug-likeness (QED) is 0.574. The molecular weight excluding hydrogens is 440 g/mol. The topological polar surface area (TPSA) is 84.2 Å². The first-order valence-corrected chi connectivity index (χ1v) is 10.7. The lowest BCUT2D eigenvalue weighted by molar-refractivity contribution is -0.110. The number of amides is 2. The Kier molecular flexibility index (Phi) is 4.88. The van der Waals surface area contributed by atoms with Crippen molar-refractivity contribution in [2.24, 2.45) is 5.92 Å². The summed E-state index contributed by atoms with van der Waals surface area (Å²) in [4.78, 5) is 18.8. The van der Waals surface area contributed by atoms with E-state index in [0.29, 0.717) is 35.2 Å². The van der Waals surface area contributed by atoms with Crippen LogP contribution in [0.5, 0.6) is 0 Å². The maximum Gasteiger partial charge on any atom is 0.323 e. The van der Waals surface area contributed by atoms with Crippen molar-refractivity contribution in [3.8, 4) is 11.1 Å². The number of benzene rings is 1. The summed E-state index contributed by atoms with van der Waals surface area (Å²) in [5, 5.41) is 10.8. The van der Waals surface area contributed by atoms with E-state index in [0.717, 1.165) is 25.1 Å². The summed E-state index contributed by atoms with van der Waals surface area (Å²) in [6, 6.07) is 3.24. The summed E-state index contributed by atoms with van der Waals surface area (Å²) in [6.45, 7) is 3.82. The summed E-state index contributed by atoms with van der Waals surface area (Å²) in [7, 11) is 0. The Balaban J connectivity index is 1.47. The zero-order valence-electron chi connectivity index (χ0n) is 17.4. The van der Waals surface area contributed by atoms with Crippen LogP contribution in [0.3, 0.4) is 0 Å². The highest BCUT2D eigenvalue weighted by molar-refractivity contribution is 6.33. The maximum absolute atomic E-state index is 14.7. The number of piperidine rings is 1. The minimum atomic E-state index is -0.702. The van der Waals surface area contributed by atoms with E-state index >= 15 is 0 Å². The molecule has 1 saturated heterocycles. The van der Waals surface area contributed by atoms with Gasteiger partial charge in [-0.1, -0.05) is 18.5 Å². The SMILES string of the molecule is Cc1nnc([C@@]23C[C@@H](C)C[C@@H](C2)N3C(=O)Nc2cc(-c3cncc(F)c3)c(Cl)cc2F)o1. The van der Waals surface area contributed by atoms with Crippen LogP contribution in [0.15, 0.2) is 35.0 Å². The molecule has 0 spiro atoms. The van der Waals surface area contributed by atoms with Gasteiger partial charge in [0.15, 0.2) is 0 Å². The molecule has 3 aromatic rings. The molecular formula is C22H20ClF2N5O2. The van der Waals surface area contributed by atoms with Gasteiger partial charge in [0.1, 0.15) is 17.2 Å². The number of anilines is 1. The molecule has 1 aliphatic heterocycles. The number of carbonyl (C=O) groups excluding carboxylic acids is 1. The number of halogens is 3. The second-order valence-electron chi connectivity index (χ2n) is 8.56. The summed E-state index contributed by atoms with van der Waals surface area (Å²) in [5.41, 5.74) is -0.0344. The van der Waals surface area contributed by atoms with Gasteiger partial charge in [0.25, 0.3) is 0 Å². The minimum absolute atomic E-state index is 0.00629. The fourth-order valence-corrected chi connectivity index (χ4v) is 5.29. The summed E-state index contributed by atoms with van der Waals surface area (Å²) in [6.07, 6.45) is 4.72. The lowest BCUT2D eigenvalue weighted by Gasteiger charge is -2.61. The van der Waals surface area contributed by atoms with Crippen molar-refractivity contribution in [3.63, 3.8) is 0 Å². The lowest BCUT2D eigenvalue weighted by Crippen LogP contribution is -2.70. The average molecular weight is 460 g/mol. The van der Waals surface area contributed by atoms with E-state index in [4.69, 9.17) is 16.0 Å². The van der Waals surface area contributed by atoms with Gasteiger partial charge in [-0.3, -0.25) is 4.98 Å². The first-order chi connectivity index (χ1) is 15.3. The van der Waals surface area contributed by atoms with Crippen molar-refractivity contribution in [1.82, 2.24) is 20.1 Å². The van der Waals surface area contributed by atoms with Crippen LogP contribution >= 0.6 is 11.6 Å². The number of likely N-dealkylation sites (tertiary alicyclic amines) is 1. The molecule has 1 N–H and O–H groups in total. The van der Waals surface area contributed by atoms with Gasteiger partial charge in [0.2, 0.25) is 11.8 Å². The van der Waals surface area contributed by atoms with Crippen LogP contribution in [0.1, 0.15) is 38.0 Å². The summed E-state index contributed by atoms with van der Waals surface area (Å²) < 4.78 is 34.0. The Labute approximate surface area is 187 Å². The van der Waals surface area contributed by atoms with E-state index in [9.17, 15) is 13.6 Å². The van der Waals surface area contributed by atoms with Crippen LogP contribution in [0.2, 0.25) is 5.02 Å². The van der Waals surface area contributed by atoms with E-state index < -0.39 is 23.2 Å². The second-order valence-corrected chi connectivity index (χ2v) is 8.97. The number of nitrogens with one attached hydrogen (secondary N) is 1. The van der Waals surface area contributed by atoms with Gasteiger partial charge in [-0.15, -0.1) is 10.2 Å². The molecule has 10 heteroatoms. The molecule has 2 amide bonds. The predicted octanol–water partition coefficient (Wildman–Crippen LogP) is 5.30. The number of urea groups is 1. The highest BCUT2D eigenvalue weighted by Crippen LogP contribution is 2.55. The first-order valence-electron chi connectivity index (χ1n) is 10.3. The van der Waals surface area contributed by atoms with Crippen molar-refractivity contribution >= 4 is 23.3 Å². The Morgan fingerprint density at radius 2 is 2.06 bits per heavy atom. The molecule has 1 aromatic carbocycles. The number of aryl methyl sites for hydroxylation is 1. The Morgan fingerprint density at radius 3 is 2.78 bits per heavy atom. The molecule has 3 heterocycles. The van der Waals surface area contributed by atoms with Gasteiger partial charge in [-0.05, 0) is 37.0 Å². The van der Waals surface area contributed by atoms with E-state index in [2.05, 4.69) is 27.4 Å². The van der Waals surface area contributed by atoms with E-state index in [1.165, 1.54) is 18.3 Å². The van der Waals surface area contributed by atoms with Gasteiger partial charge in [-0.2, -0.15) is 0 Å². The molecule has 2 bridgehead atoms. The van der Waals surface area contributed by atoms with Crippen LogP contribution in [0.25, 0.3) is 11.1 Å². The number of pyridine rings is 1. The molecule has 5 rings (SSSR count). The van der Waals surface area contributed by atoms with E-state index in [1.54, 1.807) is 11.8 Å². The third kappa shape index (κ3) is 3.31. The molecule has 2 aliphatic rings. The van der Waals surface area contributed by atoms with Crippen LogP contribution in [-0.4, -0.2) is 32.2 Å². The normalized spacial score (nSPS) is 24.2. The number of carbonyl (C=O) groups is 1. The third-order valence-electron chi connectivity index (χ3n) is 6.22. The average Bonchev–Trinajstić information content (AvgIpc) is 3.16. The molecule has 1 saturated carbocycles. The predicted molar refractivity (Wildman–Crippen MR) is 113 cm³/mol. The van der Waals surface area contributed by atoms with Crippen molar-refractivity contribution in [3.05, 3.63) is 59.0 Å². The number of fused-ring (bicyclic) bond motifs is 2. The number of hydrogen-bond donors (Lipinski definition) is 1. The van der Waals surface area contributed by atoms with Crippen LogP contribution in [-0.2, 0) is 5.54 Å². The van der Waals surface area contributed by atoms with Crippen LogP contribution in [0.4, 0.5) is 19.3 Å². The zero-order valence-corrected chi connectivity index (χ0v) is 18.2. The maximum atomic E-state index is 14.7. The Morgan fingerprint density at radius 1 is 1.25 bits per heavy atom. The Bertz CT molecular complexity index is 1220. The molecule has 3 atom stereocenters. The smallest absolute Gasteiger partial charge is 0.323 e. The summed E-state index contributed by atoms with van der Waals surface area (Å²) in [5.74, 6) is -0.0418. The van der Waals surface area contributed by atoms with Gasteiger partial charge >= 0.3 is 6.03 Å². The molecule has 2 fully saturated rings. The molecule has 0 radical (unpaired) electrons. The fraction of sp³-hybridized carbons (Fsp3) is 0.364. The highest BCUT2D eigenvalue weighted by atomic mass is 35.5. The van der Waals surface area contributed by atoms with Crippen molar-refractivity contribution in [2.45, 2.75) is 44.7 Å². The van der Waals surface area contributed by atoms with Gasteiger partial charge in [0.05, 0.1) is 16.9 Å². The van der Waals surface area contributed by atoms with Gasteiger partial charge in [-0.25, -0.2) is 13.6 Å². The third-order valence-corrected chi connectivity index (χ3v) is 6.53. The second kappa shape index (κ2) is 7.51. The number of hydrogen-bond acceptors (Lipinski definition) is 5. The fourth-order valence-electron chi connectivity index (χ4n) is 5.03. The van der Waals surface area contributed by atoms with Crippen molar-refractivity contribution in [1.29, 1.82) is 0 Å². The summed E-state index contributed by atoms with van der Waals surface area (Å²) >= 11 is 6.18. The molecule has 1 aliphatic carbocycles. The van der Waals surface area contributed by atoms with Gasteiger partial charge in [0, 0.05) is 36.7 Å². The van der Waals surface area contributed by atoms with Gasteiger partial charge < -0.3 is 14.6 Å².